The van der Waals surface area contributed by atoms with E-state index < -0.39 is 11.6 Å². The third-order valence-corrected chi connectivity index (χ3v) is 2.60. The lowest BCUT2D eigenvalue weighted by molar-refractivity contribution is 0.577. The molecule has 1 aromatic heterocycles. The monoisotopic (exact) mass is 251 g/mol. The van der Waals surface area contributed by atoms with Gasteiger partial charge in [-0.2, -0.15) is 0 Å². The predicted molar refractivity (Wildman–Crippen MR) is 66.5 cm³/mol. The summed E-state index contributed by atoms with van der Waals surface area (Å²) in [6.45, 7) is 3.10. The van der Waals surface area contributed by atoms with Gasteiger partial charge in [0.25, 0.3) is 0 Å². The van der Waals surface area contributed by atoms with E-state index in [9.17, 15) is 8.78 Å². The van der Waals surface area contributed by atoms with Crippen LogP contribution in [0.15, 0.2) is 30.6 Å². The lowest BCUT2D eigenvalue weighted by atomic mass is 10.2. The van der Waals surface area contributed by atoms with Gasteiger partial charge in [0.2, 0.25) is 5.95 Å². The van der Waals surface area contributed by atoms with E-state index in [1.165, 1.54) is 6.07 Å². The average molecular weight is 251 g/mol. The Balaban J connectivity index is 2.18. The summed E-state index contributed by atoms with van der Waals surface area (Å²) in [5.74, 6) is -0.179. The molecule has 0 aliphatic rings. The number of hydrogen-bond acceptors (Lipinski definition) is 2. The minimum atomic E-state index is -0.436. The quantitative estimate of drug-likeness (QED) is 0.885. The second-order valence-corrected chi connectivity index (χ2v) is 4.04. The maximum Gasteiger partial charge on any atom is 0.203 e. The standard InChI is InChI=1S/C13H15F2N3/c1-2-5-16-13-17-6-7-18(13)9-10-8-11(14)3-4-12(10)15/h3-4,6-8H,2,5,9H2,1H3,(H,16,17). The Kier molecular flexibility index (Phi) is 3.92. The van der Waals surface area contributed by atoms with Crippen LogP contribution in [0.2, 0.25) is 0 Å². The van der Waals surface area contributed by atoms with Crippen LogP contribution in [0.1, 0.15) is 18.9 Å². The van der Waals surface area contributed by atoms with E-state index in [-0.39, 0.29) is 6.54 Å². The second kappa shape index (κ2) is 5.62. The summed E-state index contributed by atoms with van der Waals surface area (Å²) >= 11 is 0. The highest BCUT2D eigenvalue weighted by Gasteiger charge is 2.07. The SMILES string of the molecule is CCCNc1nccn1Cc1cc(F)ccc1F. The lowest BCUT2D eigenvalue weighted by Crippen LogP contribution is -2.09. The molecular weight excluding hydrogens is 236 g/mol. The Morgan fingerprint density at radius 2 is 2.17 bits per heavy atom. The Morgan fingerprint density at radius 3 is 2.94 bits per heavy atom. The van der Waals surface area contributed by atoms with Crippen molar-refractivity contribution in [3.8, 4) is 0 Å². The van der Waals surface area contributed by atoms with Crippen LogP contribution in [0, 0.1) is 11.6 Å². The van der Waals surface area contributed by atoms with Gasteiger partial charge in [0, 0.05) is 24.5 Å². The Bertz CT molecular complexity index is 523. The second-order valence-electron chi connectivity index (χ2n) is 4.04. The Hall–Kier alpha value is -1.91. The van der Waals surface area contributed by atoms with Crippen molar-refractivity contribution in [2.45, 2.75) is 19.9 Å². The van der Waals surface area contributed by atoms with Crippen LogP contribution >= 0.6 is 0 Å². The number of aromatic nitrogens is 2. The first-order valence-corrected chi connectivity index (χ1v) is 5.89. The highest BCUT2D eigenvalue weighted by molar-refractivity contribution is 5.28. The van der Waals surface area contributed by atoms with Gasteiger partial charge < -0.3 is 9.88 Å². The van der Waals surface area contributed by atoms with Crippen molar-refractivity contribution in [3.05, 3.63) is 47.8 Å². The normalized spacial score (nSPS) is 10.6. The van der Waals surface area contributed by atoms with Crippen LogP contribution in [0.5, 0.6) is 0 Å². The van der Waals surface area contributed by atoms with Gasteiger partial charge in [-0.15, -0.1) is 0 Å². The third-order valence-electron chi connectivity index (χ3n) is 2.60. The van der Waals surface area contributed by atoms with Crippen LogP contribution < -0.4 is 5.32 Å². The van der Waals surface area contributed by atoms with Gasteiger partial charge in [0.05, 0.1) is 6.54 Å². The summed E-state index contributed by atoms with van der Waals surface area (Å²) in [4.78, 5) is 4.14. The summed E-state index contributed by atoms with van der Waals surface area (Å²) in [5, 5.41) is 3.13. The molecule has 0 radical (unpaired) electrons. The number of nitrogens with zero attached hydrogens (tertiary/aromatic N) is 2. The zero-order valence-corrected chi connectivity index (χ0v) is 10.2. The molecule has 1 N–H and O–H groups in total. The van der Waals surface area contributed by atoms with Crippen molar-refractivity contribution in [3.63, 3.8) is 0 Å². The van der Waals surface area contributed by atoms with E-state index >= 15 is 0 Å². The number of rotatable bonds is 5. The molecule has 2 rings (SSSR count). The van der Waals surface area contributed by atoms with E-state index in [4.69, 9.17) is 0 Å². The van der Waals surface area contributed by atoms with Gasteiger partial charge >= 0.3 is 0 Å². The van der Waals surface area contributed by atoms with Crippen LogP contribution in [-0.2, 0) is 6.54 Å². The van der Waals surface area contributed by atoms with Crippen molar-refractivity contribution in [2.75, 3.05) is 11.9 Å². The summed E-state index contributed by atoms with van der Waals surface area (Å²) in [5.41, 5.74) is 0.313. The Labute approximate surface area is 104 Å². The van der Waals surface area contributed by atoms with Gasteiger partial charge in [-0.05, 0) is 24.6 Å². The number of benzene rings is 1. The molecule has 0 aliphatic carbocycles. The number of halogens is 2. The van der Waals surface area contributed by atoms with Crippen molar-refractivity contribution < 1.29 is 8.78 Å². The molecule has 1 aromatic carbocycles. The molecule has 18 heavy (non-hydrogen) atoms. The highest BCUT2D eigenvalue weighted by atomic mass is 19.1. The summed E-state index contributed by atoms with van der Waals surface area (Å²) in [6.07, 6.45) is 4.35. The van der Waals surface area contributed by atoms with Crippen LogP contribution in [0.3, 0.4) is 0 Å². The molecule has 5 heteroatoms. The highest BCUT2D eigenvalue weighted by Crippen LogP contribution is 2.14. The molecule has 0 amide bonds. The maximum absolute atomic E-state index is 13.5. The van der Waals surface area contributed by atoms with Crippen molar-refractivity contribution in [2.24, 2.45) is 0 Å². The van der Waals surface area contributed by atoms with E-state index in [2.05, 4.69) is 10.3 Å². The summed E-state index contributed by atoms with van der Waals surface area (Å²) in [7, 11) is 0. The number of imidazole rings is 1. The molecule has 0 spiro atoms. The maximum atomic E-state index is 13.5. The molecule has 0 saturated heterocycles. The number of hydrogen-bond donors (Lipinski definition) is 1. The van der Waals surface area contributed by atoms with Gasteiger partial charge in [-0.1, -0.05) is 6.92 Å². The summed E-state index contributed by atoms with van der Waals surface area (Å²) < 4.78 is 28.4. The van der Waals surface area contributed by atoms with E-state index in [1.54, 1.807) is 17.0 Å². The van der Waals surface area contributed by atoms with Crippen molar-refractivity contribution >= 4 is 5.95 Å². The predicted octanol–water partition coefficient (Wildman–Crippen LogP) is 3.03. The van der Waals surface area contributed by atoms with Gasteiger partial charge in [0.15, 0.2) is 0 Å². The van der Waals surface area contributed by atoms with Crippen molar-refractivity contribution in [1.82, 2.24) is 9.55 Å². The molecule has 0 saturated carbocycles. The fraction of sp³-hybridized carbons (Fsp3) is 0.308. The van der Waals surface area contributed by atoms with Crippen molar-refractivity contribution in [1.29, 1.82) is 0 Å². The molecular formula is C13H15F2N3. The molecule has 96 valence electrons. The largest absolute Gasteiger partial charge is 0.356 e. The summed E-state index contributed by atoms with van der Waals surface area (Å²) in [6, 6.07) is 3.46. The molecule has 0 fully saturated rings. The van der Waals surface area contributed by atoms with Crippen LogP contribution in [0.25, 0.3) is 0 Å². The molecule has 3 nitrogen and oxygen atoms in total. The van der Waals surface area contributed by atoms with E-state index in [0.717, 1.165) is 25.1 Å². The molecule has 2 aromatic rings. The topological polar surface area (TPSA) is 29.9 Å². The molecule has 0 atom stereocenters. The molecule has 0 unspecified atom stereocenters. The fourth-order valence-electron chi connectivity index (χ4n) is 1.69. The van der Waals surface area contributed by atoms with Gasteiger partial charge in [-0.25, -0.2) is 13.8 Å². The molecule has 0 aliphatic heterocycles. The fourth-order valence-corrected chi connectivity index (χ4v) is 1.69. The first-order valence-electron chi connectivity index (χ1n) is 5.89. The zero-order valence-electron chi connectivity index (χ0n) is 10.2. The van der Waals surface area contributed by atoms with E-state index in [1.807, 2.05) is 6.92 Å². The van der Waals surface area contributed by atoms with E-state index in [0.29, 0.717) is 11.5 Å². The van der Waals surface area contributed by atoms with Gasteiger partial charge in [0.1, 0.15) is 11.6 Å². The number of anilines is 1. The molecule has 1 heterocycles. The minimum absolute atomic E-state index is 0.260. The lowest BCUT2D eigenvalue weighted by Gasteiger charge is -2.10. The van der Waals surface area contributed by atoms with Crippen LogP contribution in [-0.4, -0.2) is 16.1 Å². The third kappa shape index (κ3) is 2.85. The molecule has 0 bridgehead atoms. The first kappa shape index (κ1) is 12.5. The minimum Gasteiger partial charge on any atom is -0.356 e. The first-order chi connectivity index (χ1) is 8.70. The zero-order chi connectivity index (χ0) is 13.0. The number of nitrogens with one attached hydrogen (secondary N) is 1. The van der Waals surface area contributed by atoms with Gasteiger partial charge in [-0.3, -0.25) is 0 Å². The Morgan fingerprint density at radius 1 is 1.33 bits per heavy atom. The van der Waals surface area contributed by atoms with Crippen LogP contribution in [0.4, 0.5) is 14.7 Å². The smallest absolute Gasteiger partial charge is 0.203 e. The average Bonchev–Trinajstić information content (AvgIpc) is 2.79.